The molecule has 2 aromatic heterocycles. The number of nitrogens with zero attached hydrogens (tertiary/aromatic N) is 1. The molecule has 37 heavy (non-hydrogen) atoms. The number of likely N-dealkylation sites (tertiary alicyclic amines) is 1. The Labute approximate surface area is 227 Å². The summed E-state index contributed by atoms with van der Waals surface area (Å²) in [4.78, 5) is 43.8. The molecule has 0 spiro atoms. The normalized spacial score (nSPS) is 21.1. The van der Waals surface area contributed by atoms with Gasteiger partial charge in [0.15, 0.2) is 5.78 Å². The Morgan fingerprint density at radius 1 is 0.946 bits per heavy atom. The van der Waals surface area contributed by atoms with Crippen LogP contribution in [0.4, 0.5) is 10.5 Å². The Morgan fingerprint density at radius 2 is 1.73 bits per heavy atom. The first-order valence-electron chi connectivity index (χ1n) is 11.6. The smallest absolute Gasteiger partial charge is 0.327 e. The number of aliphatic carboxylic acids is 1. The van der Waals surface area contributed by atoms with Crippen molar-refractivity contribution < 1.29 is 19.5 Å². The number of carbonyl (C=O) groups excluding carboxylic acids is 2. The number of carboxylic acid groups (broad SMARTS) is 1. The molecule has 5 rings (SSSR count). The third-order valence-corrected chi connectivity index (χ3v) is 8.93. The van der Waals surface area contributed by atoms with Crippen LogP contribution < -0.4 is 5.32 Å². The standard InChI is InChI=1S/C28H23ClN2O4S2/c1-16-12-14-37-26(16)23-22(25(32)17-7-5-8-18(29)15-17)21(20-11-6-13-36-20)24(27(33)34)31(23)28(35)30-19-9-3-2-4-10-19/h2-15,21-24H,1H3,(H,30,35)(H,33,34). The van der Waals surface area contributed by atoms with Gasteiger partial charge in [0.2, 0.25) is 0 Å². The summed E-state index contributed by atoms with van der Waals surface area (Å²) in [6, 6.07) is 18.5. The van der Waals surface area contributed by atoms with Gasteiger partial charge in [0.25, 0.3) is 0 Å². The number of para-hydroxylation sites is 1. The summed E-state index contributed by atoms with van der Waals surface area (Å²) in [7, 11) is 0. The number of amides is 2. The Morgan fingerprint density at radius 3 is 2.35 bits per heavy atom. The summed E-state index contributed by atoms with van der Waals surface area (Å²) in [6.45, 7) is 1.91. The van der Waals surface area contributed by atoms with Gasteiger partial charge in [-0.3, -0.25) is 4.79 Å². The van der Waals surface area contributed by atoms with Crippen molar-refractivity contribution in [2.75, 3.05) is 5.32 Å². The van der Waals surface area contributed by atoms with Crippen molar-refractivity contribution in [2.45, 2.75) is 24.9 Å². The lowest BCUT2D eigenvalue weighted by atomic mass is 9.79. The first kappa shape index (κ1) is 25.2. The molecule has 2 amide bonds. The zero-order chi connectivity index (χ0) is 26.1. The molecule has 2 N–H and O–H groups in total. The molecule has 0 radical (unpaired) electrons. The molecule has 9 heteroatoms. The van der Waals surface area contributed by atoms with Gasteiger partial charge in [0.1, 0.15) is 6.04 Å². The molecule has 1 saturated heterocycles. The number of carbonyl (C=O) groups is 3. The van der Waals surface area contributed by atoms with Crippen molar-refractivity contribution >= 4 is 57.7 Å². The number of thiophene rings is 2. The van der Waals surface area contributed by atoms with Crippen LogP contribution in [0.1, 0.15) is 37.6 Å². The Balaban J connectivity index is 1.70. The Kier molecular flexibility index (Phi) is 7.15. The lowest BCUT2D eigenvalue weighted by Gasteiger charge is -2.30. The largest absolute Gasteiger partial charge is 0.480 e. The molecule has 1 aliphatic rings. The van der Waals surface area contributed by atoms with Crippen LogP contribution >= 0.6 is 34.3 Å². The minimum absolute atomic E-state index is 0.250. The second kappa shape index (κ2) is 10.5. The van der Waals surface area contributed by atoms with Crippen LogP contribution in [-0.4, -0.2) is 33.8 Å². The molecule has 0 aliphatic carbocycles. The van der Waals surface area contributed by atoms with Crippen LogP contribution in [0.25, 0.3) is 0 Å². The van der Waals surface area contributed by atoms with E-state index in [4.69, 9.17) is 11.6 Å². The lowest BCUT2D eigenvalue weighted by Crippen LogP contribution is -2.45. The number of nitrogens with one attached hydrogen (secondary N) is 1. The van der Waals surface area contributed by atoms with Crippen molar-refractivity contribution in [3.05, 3.63) is 109 Å². The number of hydrogen-bond donors (Lipinski definition) is 2. The van der Waals surface area contributed by atoms with Gasteiger partial charge >= 0.3 is 12.0 Å². The highest BCUT2D eigenvalue weighted by Gasteiger charge is 2.58. The molecule has 2 aromatic carbocycles. The van der Waals surface area contributed by atoms with Gasteiger partial charge < -0.3 is 15.3 Å². The van der Waals surface area contributed by atoms with Crippen LogP contribution in [0, 0.1) is 12.8 Å². The van der Waals surface area contributed by atoms with E-state index in [-0.39, 0.29) is 5.78 Å². The molecule has 0 bridgehead atoms. The van der Waals surface area contributed by atoms with Gasteiger partial charge in [-0.05, 0) is 59.6 Å². The highest BCUT2D eigenvalue weighted by molar-refractivity contribution is 7.10. The lowest BCUT2D eigenvalue weighted by molar-refractivity contribution is -0.142. The maximum absolute atomic E-state index is 14.2. The predicted molar refractivity (Wildman–Crippen MR) is 147 cm³/mol. The van der Waals surface area contributed by atoms with Crippen molar-refractivity contribution in [1.29, 1.82) is 0 Å². The summed E-state index contributed by atoms with van der Waals surface area (Å²) >= 11 is 9.03. The summed E-state index contributed by atoms with van der Waals surface area (Å²) in [5, 5.41) is 17.5. The maximum Gasteiger partial charge on any atom is 0.327 e. The number of Topliss-reactive ketones (excluding diaryl/α,β-unsaturated/α-hetero) is 1. The van der Waals surface area contributed by atoms with E-state index in [0.717, 1.165) is 15.3 Å². The SMILES string of the molecule is Cc1ccsc1C1C(C(=O)c2cccc(Cl)c2)C(c2cccs2)C(C(=O)O)N1C(=O)Nc1ccccc1. The van der Waals surface area contributed by atoms with Crippen molar-refractivity contribution in [3.63, 3.8) is 0 Å². The second-order valence-corrected chi connectivity index (χ2v) is 11.2. The number of rotatable bonds is 6. The average Bonchev–Trinajstić information content (AvgIpc) is 3.62. The van der Waals surface area contributed by atoms with Gasteiger partial charge in [-0.1, -0.05) is 48.0 Å². The fourth-order valence-electron chi connectivity index (χ4n) is 5.08. The minimum Gasteiger partial charge on any atom is -0.480 e. The zero-order valence-corrected chi connectivity index (χ0v) is 22.1. The number of hydrogen-bond acceptors (Lipinski definition) is 5. The van der Waals surface area contributed by atoms with E-state index in [9.17, 15) is 19.5 Å². The molecular formula is C28H23ClN2O4S2. The topological polar surface area (TPSA) is 86.7 Å². The number of halogens is 1. The van der Waals surface area contributed by atoms with Crippen molar-refractivity contribution in [2.24, 2.45) is 5.92 Å². The first-order valence-corrected chi connectivity index (χ1v) is 13.7. The predicted octanol–water partition coefficient (Wildman–Crippen LogP) is 7.10. The summed E-state index contributed by atoms with van der Waals surface area (Å²) < 4.78 is 0. The van der Waals surface area contributed by atoms with Crippen LogP contribution in [0.5, 0.6) is 0 Å². The fourth-order valence-corrected chi connectivity index (χ4v) is 7.24. The molecule has 4 aromatic rings. The summed E-state index contributed by atoms with van der Waals surface area (Å²) in [5.74, 6) is -3.00. The molecule has 4 atom stereocenters. The van der Waals surface area contributed by atoms with Gasteiger partial charge in [-0.15, -0.1) is 22.7 Å². The fraction of sp³-hybridized carbons (Fsp3) is 0.179. The number of aryl methyl sites for hydroxylation is 1. The number of carboxylic acids is 1. The highest BCUT2D eigenvalue weighted by atomic mass is 35.5. The van der Waals surface area contributed by atoms with E-state index in [2.05, 4.69) is 5.32 Å². The Hall–Kier alpha value is -3.46. The molecule has 4 unspecified atom stereocenters. The molecule has 0 saturated carbocycles. The number of urea groups is 1. The average molecular weight is 551 g/mol. The van der Waals surface area contributed by atoms with E-state index in [1.54, 1.807) is 48.5 Å². The van der Waals surface area contributed by atoms with E-state index in [0.29, 0.717) is 16.3 Å². The monoisotopic (exact) mass is 550 g/mol. The maximum atomic E-state index is 14.2. The molecule has 1 fully saturated rings. The number of benzene rings is 2. The van der Waals surface area contributed by atoms with Gasteiger partial charge in [0.05, 0.1) is 12.0 Å². The van der Waals surface area contributed by atoms with Crippen molar-refractivity contribution in [3.8, 4) is 0 Å². The second-order valence-electron chi connectivity index (χ2n) is 8.84. The van der Waals surface area contributed by atoms with E-state index in [1.807, 2.05) is 41.9 Å². The van der Waals surface area contributed by atoms with Crippen LogP contribution in [0.3, 0.4) is 0 Å². The van der Waals surface area contributed by atoms with Gasteiger partial charge in [0, 0.05) is 31.9 Å². The van der Waals surface area contributed by atoms with Gasteiger partial charge in [-0.2, -0.15) is 0 Å². The molecule has 6 nitrogen and oxygen atoms in total. The third kappa shape index (κ3) is 4.80. The summed E-state index contributed by atoms with van der Waals surface area (Å²) in [6.07, 6.45) is 0. The van der Waals surface area contributed by atoms with E-state index < -0.39 is 35.9 Å². The molecule has 3 heterocycles. The van der Waals surface area contributed by atoms with E-state index >= 15 is 0 Å². The minimum atomic E-state index is -1.26. The third-order valence-electron chi connectivity index (χ3n) is 6.63. The first-order chi connectivity index (χ1) is 17.9. The van der Waals surface area contributed by atoms with Crippen LogP contribution in [-0.2, 0) is 4.79 Å². The highest BCUT2D eigenvalue weighted by Crippen LogP contribution is 2.53. The zero-order valence-electron chi connectivity index (χ0n) is 19.7. The number of ketones is 1. The van der Waals surface area contributed by atoms with Crippen molar-refractivity contribution in [1.82, 2.24) is 4.90 Å². The molecular weight excluding hydrogens is 528 g/mol. The quantitative estimate of drug-likeness (QED) is 0.251. The summed E-state index contributed by atoms with van der Waals surface area (Å²) in [5.41, 5.74) is 1.82. The number of anilines is 1. The van der Waals surface area contributed by atoms with Crippen LogP contribution in [0.2, 0.25) is 5.02 Å². The van der Waals surface area contributed by atoms with Gasteiger partial charge in [-0.25, -0.2) is 9.59 Å². The van der Waals surface area contributed by atoms with Crippen LogP contribution in [0.15, 0.2) is 83.6 Å². The molecule has 188 valence electrons. The molecule has 1 aliphatic heterocycles. The Bertz CT molecular complexity index is 1440. The van der Waals surface area contributed by atoms with E-state index in [1.165, 1.54) is 27.6 Å².